The lowest BCUT2D eigenvalue weighted by Gasteiger charge is -2.33. The average Bonchev–Trinajstić information content (AvgIpc) is 2.93. The van der Waals surface area contributed by atoms with Crippen LogP contribution in [0.4, 0.5) is 15.8 Å². The van der Waals surface area contributed by atoms with E-state index in [9.17, 15) is 18.8 Å². The van der Waals surface area contributed by atoms with Crippen molar-refractivity contribution in [3.63, 3.8) is 0 Å². The number of Topliss-reactive ketones (excluding diaryl/α,β-unsaturated/α-hetero) is 1. The molecule has 38 heavy (non-hydrogen) atoms. The molecule has 3 aromatic rings. The van der Waals surface area contributed by atoms with Crippen LogP contribution in [0.25, 0.3) is 0 Å². The van der Waals surface area contributed by atoms with E-state index in [0.29, 0.717) is 29.9 Å². The monoisotopic (exact) mass is 531 g/mol. The number of nitrogens with zero attached hydrogens (tertiary/aromatic N) is 2. The number of halogens is 1. The highest BCUT2D eigenvalue weighted by molar-refractivity contribution is 7.79. The SMILES string of the molecule is CC(=O)Nc1ccc(C(=O)N(CCN2CCC(C(=O)c3ccc(F)cc3)CC2)c2cccc(C=S)c2)cc1. The van der Waals surface area contributed by atoms with Crippen molar-refractivity contribution in [1.29, 1.82) is 0 Å². The third-order valence-electron chi connectivity index (χ3n) is 6.74. The lowest BCUT2D eigenvalue weighted by molar-refractivity contribution is -0.114. The standard InChI is InChI=1S/C30H30FN3O3S/c1-21(35)32-27-11-7-25(8-12-27)30(37)34(28-4-2-3-22(19-28)20-38)18-17-33-15-13-24(14-16-33)29(36)23-5-9-26(31)10-6-23/h2-12,19-20,24H,13-18H2,1H3,(H,32,35). The Morgan fingerprint density at radius 3 is 2.29 bits per heavy atom. The van der Waals surface area contributed by atoms with Crippen LogP contribution in [0.2, 0.25) is 0 Å². The molecule has 0 atom stereocenters. The van der Waals surface area contributed by atoms with Gasteiger partial charge in [0.25, 0.3) is 5.91 Å². The summed E-state index contributed by atoms with van der Waals surface area (Å²) in [6.07, 6.45) is 1.43. The Morgan fingerprint density at radius 1 is 1.00 bits per heavy atom. The zero-order valence-corrected chi connectivity index (χ0v) is 22.0. The van der Waals surface area contributed by atoms with Gasteiger partial charge in [0.15, 0.2) is 5.78 Å². The van der Waals surface area contributed by atoms with Crippen molar-refractivity contribution < 1.29 is 18.8 Å². The van der Waals surface area contributed by atoms with Gasteiger partial charge in [-0.2, -0.15) is 0 Å². The van der Waals surface area contributed by atoms with E-state index in [2.05, 4.69) is 10.2 Å². The van der Waals surface area contributed by atoms with Gasteiger partial charge in [-0.1, -0.05) is 24.4 Å². The van der Waals surface area contributed by atoms with Gasteiger partial charge in [0, 0.05) is 53.8 Å². The Balaban J connectivity index is 1.43. The van der Waals surface area contributed by atoms with Crippen LogP contribution in [0.15, 0.2) is 72.8 Å². The number of rotatable bonds is 9. The van der Waals surface area contributed by atoms with E-state index >= 15 is 0 Å². The van der Waals surface area contributed by atoms with Gasteiger partial charge in [-0.25, -0.2) is 4.39 Å². The predicted octanol–water partition coefficient (Wildman–Crippen LogP) is 5.37. The minimum Gasteiger partial charge on any atom is -0.326 e. The van der Waals surface area contributed by atoms with E-state index in [1.807, 2.05) is 24.3 Å². The number of hydrogen-bond donors (Lipinski definition) is 1. The summed E-state index contributed by atoms with van der Waals surface area (Å²) >= 11 is 5.10. The van der Waals surface area contributed by atoms with E-state index in [1.165, 1.54) is 19.1 Å². The molecule has 1 N–H and O–H groups in total. The molecule has 1 fully saturated rings. The number of nitrogens with one attached hydrogen (secondary N) is 1. The van der Waals surface area contributed by atoms with Gasteiger partial charge in [-0.05, 0) is 92.2 Å². The first-order valence-corrected chi connectivity index (χ1v) is 13.1. The highest BCUT2D eigenvalue weighted by Crippen LogP contribution is 2.24. The third kappa shape index (κ3) is 6.96. The Labute approximate surface area is 227 Å². The van der Waals surface area contributed by atoms with Crippen LogP contribution >= 0.6 is 12.2 Å². The van der Waals surface area contributed by atoms with Gasteiger partial charge < -0.3 is 15.1 Å². The molecule has 1 aliphatic rings. The highest BCUT2D eigenvalue weighted by atomic mass is 32.1. The molecule has 0 bridgehead atoms. The summed E-state index contributed by atoms with van der Waals surface area (Å²) in [6.45, 7) is 4.03. The van der Waals surface area contributed by atoms with Gasteiger partial charge in [0.2, 0.25) is 5.91 Å². The second kappa shape index (κ2) is 12.7. The largest absolute Gasteiger partial charge is 0.326 e. The van der Waals surface area contributed by atoms with Crippen molar-refractivity contribution in [2.75, 3.05) is 36.4 Å². The minimum atomic E-state index is -0.352. The van der Waals surface area contributed by atoms with Crippen LogP contribution in [0.1, 0.15) is 46.0 Å². The summed E-state index contributed by atoms with van der Waals surface area (Å²) in [5.41, 5.74) is 3.28. The number of carbonyl (C=O) groups excluding carboxylic acids is 3. The molecule has 196 valence electrons. The molecule has 1 heterocycles. The molecule has 0 saturated carbocycles. The minimum absolute atomic E-state index is 0.0566. The van der Waals surface area contributed by atoms with Gasteiger partial charge in [-0.3, -0.25) is 14.4 Å². The molecule has 3 aromatic carbocycles. The van der Waals surface area contributed by atoms with Crippen molar-refractivity contribution in [2.45, 2.75) is 19.8 Å². The molecule has 4 rings (SSSR count). The van der Waals surface area contributed by atoms with Crippen molar-refractivity contribution >= 4 is 46.6 Å². The normalized spacial score (nSPS) is 14.1. The molecule has 6 nitrogen and oxygen atoms in total. The second-order valence-corrected chi connectivity index (χ2v) is 9.65. The summed E-state index contributed by atoms with van der Waals surface area (Å²) in [6, 6.07) is 20.1. The predicted molar refractivity (Wildman–Crippen MR) is 152 cm³/mol. The topological polar surface area (TPSA) is 69.7 Å². The summed E-state index contributed by atoms with van der Waals surface area (Å²) in [7, 11) is 0. The Kier molecular flexibility index (Phi) is 9.10. The number of likely N-dealkylation sites (tertiary alicyclic amines) is 1. The Morgan fingerprint density at radius 2 is 1.66 bits per heavy atom. The van der Waals surface area contributed by atoms with Crippen LogP contribution in [0, 0.1) is 11.7 Å². The van der Waals surface area contributed by atoms with Gasteiger partial charge in [-0.15, -0.1) is 0 Å². The molecule has 0 aliphatic carbocycles. The number of piperidine rings is 1. The third-order valence-corrected chi connectivity index (χ3v) is 7.01. The van der Waals surface area contributed by atoms with E-state index in [-0.39, 0.29) is 29.3 Å². The lowest BCUT2D eigenvalue weighted by atomic mass is 9.89. The number of carbonyl (C=O) groups is 3. The molecule has 0 unspecified atom stereocenters. The number of amides is 2. The first-order chi connectivity index (χ1) is 18.3. The molecule has 1 aliphatic heterocycles. The van der Waals surface area contributed by atoms with Gasteiger partial charge in [0.1, 0.15) is 5.82 Å². The number of anilines is 2. The average molecular weight is 532 g/mol. The van der Waals surface area contributed by atoms with Crippen LogP contribution in [-0.4, -0.2) is 54.0 Å². The number of hydrogen-bond acceptors (Lipinski definition) is 5. The second-order valence-electron chi connectivity index (χ2n) is 9.42. The van der Waals surface area contributed by atoms with Crippen molar-refractivity contribution in [3.8, 4) is 0 Å². The summed E-state index contributed by atoms with van der Waals surface area (Å²) in [5, 5.41) is 4.29. The van der Waals surface area contributed by atoms with E-state index in [1.54, 1.807) is 46.7 Å². The number of thiocarbonyl (C=S) groups is 1. The molecule has 0 aromatic heterocycles. The maximum Gasteiger partial charge on any atom is 0.258 e. The fourth-order valence-corrected chi connectivity index (χ4v) is 4.83. The Bertz CT molecular complexity index is 1300. The van der Waals surface area contributed by atoms with Crippen molar-refractivity contribution in [2.24, 2.45) is 5.92 Å². The maximum absolute atomic E-state index is 13.6. The molecule has 8 heteroatoms. The van der Waals surface area contributed by atoms with Crippen molar-refractivity contribution in [1.82, 2.24) is 4.90 Å². The maximum atomic E-state index is 13.6. The van der Waals surface area contributed by atoms with Crippen LogP contribution in [0.3, 0.4) is 0 Å². The van der Waals surface area contributed by atoms with E-state index in [4.69, 9.17) is 12.2 Å². The number of ketones is 1. The van der Waals surface area contributed by atoms with Gasteiger partial charge >= 0.3 is 0 Å². The van der Waals surface area contributed by atoms with Crippen LogP contribution < -0.4 is 10.2 Å². The summed E-state index contributed by atoms with van der Waals surface area (Å²) in [4.78, 5) is 41.7. The molecule has 2 amide bonds. The lowest BCUT2D eigenvalue weighted by Crippen LogP contribution is -2.43. The quantitative estimate of drug-likeness (QED) is 0.297. The Hall–Kier alpha value is -3.75. The fraction of sp³-hybridized carbons (Fsp3) is 0.267. The summed E-state index contributed by atoms with van der Waals surface area (Å²) < 4.78 is 13.2. The molecular formula is C30H30FN3O3S. The highest BCUT2D eigenvalue weighted by Gasteiger charge is 2.27. The number of benzene rings is 3. The molecule has 0 radical (unpaired) electrons. The molecule has 0 spiro atoms. The van der Waals surface area contributed by atoms with Gasteiger partial charge in [0.05, 0.1) is 0 Å². The van der Waals surface area contributed by atoms with Crippen LogP contribution in [-0.2, 0) is 4.79 Å². The van der Waals surface area contributed by atoms with E-state index in [0.717, 1.165) is 37.2 Å². The van der Waals surface area contributed by atoms with Crippen LogP contribution in [0.5, 0.6) is 0 Å². The molecule has 1 saturated heterocycles. The summed E-state index contributed by atoms with van der Waals surface area (Å²) in [5.74, 6) is -0.708. The molecular weight excluding hydrogens is 501 g/mol. The first kappa shape index (κ1) is 27.3. The van der Waals surface area contributed by atoms with Crippen molar-refractivity contribution in [3.05, 3.63) is 95.3 Å². The zero-order chi connectivity index (χ0) is 27.1. The fourth-order valence-electron chi connectivity index (χ4n) is 4.68. The smallest absolute Gasteiger partial charge is 0.258 e. The zero-order valence-electron chi connectivity index (χ0n) is 21.2. The van der Waals surface area contributed by atoms with E-state index < -0.39 is 0 Å². The first-order valence-electron chi connectivity index (χ1n) is 12.6.